The summed E-state index contributed by atoms with van der Waals surface area (Å²) in [6, 6.07) is 17.8. The molecule has 0 unspecified atom stereocenters. The molecule has 0 aliphatic carbocycles. The van der Waals surface area contributed by atoms with Crippen LogP contribution in [-0.2, 0) is 22.4 Å². The highest BCUT2D eigenvalue weighted by Gasteiger charge is 2.26. The summed E-state index contributed by atoms with van der Waals surface area (Å²) in [4.78, 5) is 54.1. The summed E-state index contributed by atoms with van der Waals surface area (Å²) in [5, 5.41) is 2.83. The Morgan fingerprint density at radius 3 is 1.98 bits per heavy atom. The van der Waals surface area contributed by atoms with Gasteiger partial charge in [0.15, 0.2) is 11.6 Å². The van der Waals surface area contributed by atoms with Gasteiger partial charge in [0, 0.05) is 18.8 Å². The first-order chi connectivity index (χ1) is 20.3. The number of carbonyl (C=O) groups excluding carboxylic acids is 4. The molecule has 4 aliphatic heterocycles. The molecule has 0 saturated carbocycles. The number of amides is 1. The SMILES string of the molecule is CC(C)C[C@@H](C=O)NC(=O)[C@H]1CC(=O)c2ccc([nH]2)C(=O)CCc2ccc(cc2)OCCCCOc2ccc(cc2)C1. The van der Waals surface area contributed by atoms with Crippen molar-refractivity contribution in [3.05, 3.63) is 83.2 Å². The molecule has 222 valence electrons. The van der Waals surface area contributed by atoms with Crippen molar-refractivity contribution in [1.82, 2.24) is 10.3 Å². The van der Waals surface area contributed by atoms with Gasteiger partial charge in [0.2, 0.25) is 5.91 Å². The van der Waals surface area contributed by atoms with E-state index in [0.717, 1.165) is 41.8 Å². The number of ketones is 2. The summed E-state index contributed by atoms with van der Waals surface area (Å²) >= 11 is 0. The number of hydrogen-bond donors (Lipinski definition) is 2. The van der Waals surface area contributed by atoms with E-state index in [1.807, 2.05) is 62.4 Å². The van der Waals surface area contributed by atoms with Gasteiger partial charge in [-0.2, -0.15) is 0 Å². The normalized spacial score (nSPS) is 17.6. The van der Waals surface area contributed by atoms with Gasteiger partial charge in [-0.1, -0.05) is 38.1 Å². The lowest BCUT2D eigenvalue weighted by molar-refractivity contribution is -0.127. The van der Waals surface area contributed by atoms with Crippen LogP contribution in [0.1, 0.15) is 78.1 Å². The van der Waals surface area contributed by atoms with Crippen molar-refractivity contribution in [2.24, 2.45) is 11.8 Å². The fourth-order valence-corrected chi connectivity index (χ4v) is 5.00. The second-order valence-electron chi connectivity index (χ2n) is 11.3. The van der Waals surface area contributed by atoms with Crippen LogP contribution in [0.2, 0.25) is 0 Å². The van der Waals surface area contributed by atoms with Crippen molar-refractivity contribution < 1.29 is 28.7 Å². The third kappa shape index (κ3) is 9.16. The van der Waals surface area contributed by atoms with E-state index in [2.05, 4.69) is 10.3 Å². The molecule has 2 atom stereocenters. The van der Waals surface area contributed by atoms with Crippen LogP contribution in [0.15, 0.2) is 60.7 Å². The van der Waals surface area contributed by atoms with Gasteiger partial charge in [0.25, 0.3) is 0 Å². The van der Waals surface area contributed by atoms with Crippen LogP contribution in [0.3, 0.4) is 0 Å². The number of ether oxygens (including phenoxy) is 2. The molecule has 8 heteroatoms. The first kappa shape index (κ1) is 30.8. The number of aryl methyl sites for hydroxylation is 1. The molecular formula is C34H40N2O6. The number of nitrogens with one attached hydrogen (secondary N) is 2. The van der Waals surface area contributed by atoms with E-state index in [4.69, 9.17) is 9.47 Å². The number of rotatable bonds is 5. The number of hydrogen-bond acceptors (Lipinski definition) is 6. The monoisotopic (exact) mass is 572 g/mol. The van der Waals surface area contributed by atoms with E-state index < -0.39 is 12.0 Å². The number of carbonyl (C=O) groups is 4. The van der Waals surface area contributed by atoms with Crippen molar-refractivity contribution in [1.29, 1.82) is 0 Å². The van der Waals surface area contributed by atoms with Gasteiger partial charge in [0.1, 0.15) is 17.8 Å². The van der Waals surface area contributed by atoms with Crippen molar-refractivity contribution in [3.63, 3.8) is 0 Å². The summed E-state index contributed by atoms with van der Waals surface area (Å²) in [5.74, 6) is 0.320. The minimum atomic E-state index is -0.699. The quantitative estimate of drug-likeness (QED) is 0.388. The zero-order valence-corrected chi connectivity index (χ0v) is 24.4. The highest BCUT2D eigenvalue weighted by atomic mass is 16.5. The van der Waals surface area contributed by atoms with E-state index in [9.17, 15) is 19.2 Å². The number of H-pyrrole nitrogens is 1. The van der Waals surface area contributed by atoms with Gasteiger partial charge < -0.3 is 24.6 Å². The second kappa shape index (κ2) is 15.1. The molecule has 7 rings (SSSR count). The molecule has 3 aromatic rings. The Morgan fingerprint density at radius 1 is 0.833 bits per heavy atom. The number of benzene rings is 2. The van der Waals surface area contributed by atoms with Crippen LogP contribution in [0.25, 0.3) is 0 Å². The van der Waals surface area contributed by atoms with Crippen LogP contribution in [0.4, 0.5) is 0 Å². The molecule has 0 spiro atoms. The highest BCUT2D eigenvalue weighted by Crippen LogP contribution is 2.21. The first-order valence-corrected chi connectivity index (χ1v) is 14.7. The Labute approximate surface area is 247 Å². The smallest absolute Gasteiger partial charge is 0.224 e. The Hall–Kier alpha value is -4.20. The molecule has 1 amide bonds. The van der Waals surface area contributed by atoms with Gasteiger partial charge in [-0.15, -0.1) is 0 Å². The summed E-state index contributed by atoms with van der Waals surface area (Å²) in [7, 11) is 0. The van der Waals surface area contributed by atoms with E-state index in [1.165, 1.54) is 0 Å². The largest absolute Gasteiger partial charge is 0.494 e. The predicted molar refractivity (Wildman–Crippen MR) is 160 cm³/mol. The second-order valence-corrected chi connectivity index (χ2v) is 11.3. The Bertz CT molecular complexity index is 1340. The topological polar surface area (TPSA) is 115 Å². The van der Waals surface area contributed by atoms with Crippen LogP contribution in [0.5, 0.6) is 11.5 Å². The minimum Gasteiger partial charge on any atom is -0.494 e. The third-order valence-electron chi connectivity index (χ3n) is 7.35. The van der Waals surface area contributed by atoms with Gasteiger partial charge in [-0.25, -0.2) is 0 Å². The molecule has 0 fully saturated rings. The van der Waals surface area contributed by atoms with Gasteiger partial charge in [0.05, 0.1) is 30.6 Å². The standard InChI is InChI=1S/C34H40N2O6/c1-23(2)19-27(22-37)35-34(40)26-20-25-7-12-29(13-8-25)42-18-4-3-17-41-28-10-5-24(6-11-28)9-16-32(38)30-14-15-31(36-30)33(39)21-26/h5-8,10-15,22-23,26-27,36H,3-4,9,16-21H2,1-2H3,(H,35,40)/t26-,27+/m1/s1. The number of aldehydes is 1. The molecule has 2 N–H and O–H groups in total. The molecule has 42 heavy (non-hydrogen) atoms. The molecular weight excluding hydrogens is 532 g/mol. The maximum absolute atomic E-state index is 13.4. The Balaban J connectivity index is 1.54. The third-order valence-corrected chi connectivity index (χ3v) is 7.35. The van der Waals surface area contributed by atoms with E-state index in [0.29, 0.717) is 38.2 Å². The summed E-state index contributed by atoms with van der Waals surface area (Å²) < 4.78 is 11.7. The van der Waals surface area contributed by atoms with Gasteiger partial charge in [-0.3, -0.25) is 14.4 Å². The molecule has 8 nitrogen and oxygen atoms in total. The molecule has 0 radical (unpaired) electrons. The van der Waals surface area contributed by atoms with Crippen LogP contribution >= 0.6 is 0 Å². The molecule has 2 aromatic carbocycles. The van der Waals surface area contributed by atoms with E-state index in [-0.39, 0.29) is 41.9 Å². The fraction of sp³-hybridized carbons (Fsp3) is 0.412. The minimum absolute atomic E-state index is 0.0695. The Kier molecular flexibility index (Phi) is 11.1. The Morgan fingerprint density at radius 2 is 1.40 bits per heavy atom. The number of aromatic nitrogens is 1. The maximum Gasteiger partial charge on any atom is 0.224 e. The van der Waals surface area contributed by atoms with E-state index in [1.54, 1.807) is 12.1 Å². The number of Topliss-reactive ketones (excluding diaryl/α,β-unsaturated/α-hetero) is 2. The first-order valence-electron chi connectivity index (χ1n) is 14.7. The summed E-state index contributed by atoms with van der Waals surface area (Å²) in [6.45, 7) is 5.10. The lowest BCUT2D eigenvalue weighted by Gasteiger charge is -2.20. The average Bonchev–Trinajstić information content (AvgIpc) is 3.48. The van der Waals surface area contributed by atoms with Gasteiger partial charge >= 0.3 is 0 Å². The van der Waals surface area contributed by atoms with E-state index >= 15 is 0 Å². The lowest BCUT2D eigenvalue weighted by atomic mass is 9.92. The zero-order chi connectivity index (χ0) is 29.9. The van der Waals surface area contributed by atoms with Crippen LogP contribution in [-0.4, -0.2) is 48.0 Å². The van der Waals surface area contributed by atoms with Crippen molar-refractivity contribution in [2.75, 3.05) is 13.2 Å². The van der Waals surface area contributed by atoms with Crippen molar-refractivity contribution in [3.8, 4) is 11.5 Å². The maximum atomic E-state index is 13.4. The molecule has 4 aliphatic rings. The zero-order valence-electron chi connectivity index (χ0n) is 24.4. The van der Waals surface area contributed by atoms with Crippen molar-refractivity contribution >= 4 is 23.8 Å². The number of aromatic amines is 1. The molecule has 5 heterocycles. The predicted octanol–water partition coefficient (Wildman–Crippen LogP) is 5.54. The lowest BCUT2D eigenvalue weighted by Crippen LogP contribution is -2.41. The summed E-state index contributed by atoms with van der Waals surface area (Å²) in [6.07, 6.45) is 4.03. The van der Waals surface area contributed by atoms with Gasteiger partial charge in [-0.05, 0) is 85.5 Å². The highest BCUT2D eigenvalue weighted by molar-refractivity contribution is 6.00. The molecule has 1 aromatic heterocycles. The van der Waals surface area contributed by atoms with Crippen molar-refractivity contribution in [2.45, 2.75) is 64.8 Å². The fourth-order valence-electron chi connectivity index (χ4n) is 5.00. The molecule has 0 saturated heterocycles. The van der Waals surface area contributed by atoms with Crippen LogP contribution < -0.4 is 14.8 Å². The van der Waals surface area contributed by atoms with Crippen LogP contribution in [0, 0.1) is 11.8 Å². The average molecular weight is 573 g/mol. The summed E-state index contributed by atoms with van der Waals surface area (Å²) in [5.41, 5.74) is 2.54. The molecule has 6 bridgehead atoms.